The topological polar surface area (TPSA) is 92.4 Å². The van der Waals surface area contributed by atoms with Gasteiger partial charge >= 0.3 is 0 Å². The van der Waals surface area contributed by atoms with Crippen LogP contribution in [0.25, 0.3) is 0 Å². The molecule has 1 atom stereocenters. The van der Waals surface area contributed by atoms with Crippen molar-refractivity contribution >= 4 is 15.7 Å². The van der Waals surface area contributed by atoms with Crippen LogP contribution in [0.1, 0.15) is 27.2 Å². The monoisotopic (exact) mass is 286 g/mol. The van der Waals surface area contributed by atoms with E-state index < -0.39 is 10.0 Å². The summed E-state index contributed by atoms with van der Waals surface area (Å²) in [6, 6.07) is 6.46. The van der Waals surface area contributed by atoms with Crippen molar-refractivity contribution in [2.45, 2.75) is 38.1 Å². The van der Waals surface area contributed by atoms with E-state index in [1.54, 1.807) is 18.2 Å². The Hall–Kier alpha value is -1.11. The van der Waals surface area contributed by atoms with Crippen molar-refractivity contribution in [3.05, 3.63) is 24.3 Å². The van der Waals surface area contributed by atoms with Gasteiger partial charge in [0.05, 0.1) is 5.69 Å². The molecular formula is C13H22N2O3S. The molecule has 1 rings (SSSR count). The first-order valence-electron chi connectivity index (χ1n) is 6.15. The molecule has 1 aromatic carbocycles. The number of sulfonamides is 1. The number of aliphatic hydroxyl groups is 1. The first kappa shape index (κ1) is 15.9. The summed E-state index contributed by atoms with van der Waals surface area (Å²) in [7, 11) is -3.76. The summed E-state index contributed by atoms with van der Waals surface area (Å²) in [4.78, 5) is 0.0715. The van der Waals surface area contributed by atoms with Gasteiger partial charge in [0.2, 0.25) is 10.0 Å². The van der Waals surface area contributed by atoms with Gasteiger partial charge in [-0.3, -0.25) is 0 Å². The molecule has 0 spiro atoms. The lowest BCUT2D eigenvalue weighted by molar-refractivity contribution is 0.235. The van der Waals surface area contributed by atoms with Crippen LogP contribution in [0.2, 0.25) is 0 Å². The van der Waals surface area contributed by atoms with Gasteiger partial charge in [-0.1, -0.05) is 32.9 Å². The number of primary sulfonamides is 1. The Morgan fingerprint density at radius 1 is 1.32 bits per heavy atom. The van der Waals surface area contributed by atoms with E-state index in [0.717, 1.165) is 0 Å². The Balaban J connectivity index is 3.11. The summed E-state index contributed by atoms with van der Waals surface area (Å²) < 4.78 is 23.1. The SMILES string of the molecule is CC(C)(C)C(CCO)Nc1ccccc1S(N)(=O)=O. The molecule has 5 nitrogen and oxygen atoms in total. The first-order valence-corrected chi connectivity index (χ1v) is 7.70. The van der Waals surface area contributed by atoms with Gasteiger partial charge in [-0.15, -0.1) is 0 Å². The second kappa shape index (κ2) is 5.90. The highest BCUT2D eigenvalue weighted by Gasteiger charge is 2.25. The van der Waals surface area contributed by atoms with Crippen molar-refractivity contribution in [2.24, 2.45) is 10.6 Å². The zero-order valence-electron chi connectivity index (χ0n) is 11.6. The van der Waals surface area contributed by atoms with Gasteiger partial charge < -0.3 is 10.4 Å². The molecule has 19 heavy (non-hydrogen) atoms. The zero-order chi connectivity index (χ0) is 14.7. The molecule has 0 aromatic heterocycles. The number of para-hydroxylation sites is 1. The van der Waals surface area contributed by atoms with Crippen LogP contribution < -0.4 is 10.5 Å². The van der Waals surface area contributed by atoms with Crippen molar-refractivity contribution in [2.75, 3.05) is 11.9 Å². The van der Waals surface area contributed by atoms with E-state index in [0.29, 0.717) is 12.1 Å². The molecule has 0 saturated carbocycles. The van der Waals surface area contributed by atoms with Gasteiger partial charge in [0, 0.05) is 12.6 Å². The number of anilines is 1. The fourth-order valence-electron chi connectivity index (χ4n) is 1.87. The van der Waals surface area contributed by atoms with Gasteiger partial charge in [-0.05, 0) is 24.0 Å². The molecule has 4 N–H and O–H groups in total. The Morgan fingerprint density at radius 2 is 1.89 bits per heavy atom. The number of rotatable bonds is 5. The molecule has 0 aliphatic rings. The summed E-state index contributed by atoms with van der Waals surface area (Å²) in [6.07, 6.45) is 0.530. The third-order valence-electron chi connectivity index (χ3n) is 2.99. The molecule has 108 valence electrons. The van der Waals surface area contributed by atoms with Crippen LogP contribution in [-0.4, -0.2) is 26.2 Å². The van der Waals surface area contributed by atoms with Crippen molar-refractivity contribution in [1.82, 2.24) is 0 Å². The van der Waals surface area contributed by atoms with E-state index in [9.17, 15) is 8.42 Å². The van der Waals surface area contributed by atoms with E-state index in [4.69, 9.17) is 10.2 Å². The fraction of sp³-hybridized carbons (Fsp3) is 0.538. The number of benzene rings is 1. The van der Waals surface area contributed by atoms with Crippen LogP contribution in [0.15, 0.2) is 29.2 Å². The minimum absolute atomic E-state index is 0.0342. The highest BCUT2D eigenvalue weighted by atomic mass is 32.2. The van der Waals surface area contributed by atoms with Gasteiger partial charge in [-0.2, -0.15) is 0 Å². The predicted molar refractivity (Wildman–Crippen MR) is 76.4 cm³/mol. The smallest absolute Gasteiger partial charge is 0.240 e. The lowest BCUT2D eigenvalue weighted by atomic mass is 9.85. The largest absolute Gasteiger partial charge is 0.396 e. The molecule has 0 fully saturated rings. The molecule has 0 aliphatic carbocycles. The summed E-state index contributed by atoms with van der Waals surface area (Å²) in [6.45, 7) is 6.12. The molecule has 1 unspecified atom stereocenters. The predicted octanol–water partition coefficient (Wildman–Crippen LogP) is 1.54. The zero-order valence-corrected chi connectivity index (χ0v) is 12.4. The quantitative estimate of drug-likeness (QED) is 0.765. The molecule has 0 bridgehead atoms. The Morgan fingerprint density at radius 3 is 2.37 bits per heavy atom. The van der Waals surface area contributed by atoms with Crippen LogP contribution in [0.5, 0.6) is 0 Å². The van der Waals surface area contributed by atoms with Crippen LogP contribution in [0, 0.1) is 5.41 Å². The van der Waals surface area contributed by atoms with Gasteiger partial charge in [0.15, 0.2) is 0 Å². The second-order valence-corrected chi connectivity index (χ2v) is 7.15. The van der Waals surface area contributed by atoms with Crippen molar-refractivity contribution in [1.29, 1.82) is 0 Å². The lowest BCUT2D eigenvalue weighted by Gasteiger charge is -2.32. The first-order chi connectivity index (χ1) is 8.66. The molecule has 0 radical (unpaired) electrons. The molecule has 0 saturated heterocycles. The van der Waals surface area contributed by atoms with Crippen LogP contribution >= 0.6 is 0 Å². The number of aliphatic hydroxyl groups excluding tert-OH is 1. The van der Waals surface area contributed by atoms with Crippen LogP contribution in [0.3, 0.4) is 0 Å². The molecular weight excluding hydrogens is 264 g/mol. The summed E-state index contributed by atoms with van der Waals surface area (Å²) in [5.41, 5.74) is 0.354. The number of hydrogen-bond donors (Lipinski definition) is 3. The highest BCUT2D eigenvalue weighted by molar-refractivity contribution is 7.89. The maximum atomic E-state index is 11.5. The number of nitrogens with two attached hydrogens (primary N) is 1. The van der Waals surface area contributed by atoms with Gasteiger partial charge in [-0.25, -0.2) is 13.6 Å². The van der Waals surface area contributed by atoms with Gasteiger partial charge in [0.1, 0.15) is 4.90 Å². The maximum Gasteiger partial charge on any atom is 0.240 e. The lowest BCUT2D eigenvalue weighted by Crippen LogP contribution is -2.35. The minimum atomic E-state index is -3.76. The standard InChI is InChI=1S/C13H22N2O3S/c1-13(2,3)12(8-9-16)15-10-6-4-5-7-11(10)19(14,17)18/h4-7,12,15-16H,8-9H2,1-3H3,(H2,14,17,18). The number of hydrogen-bond acceptors (Lipinski definition) is 4. The van der Waals surface area contributed by atoms with Crippen molar-refractivity contribution in [3.63, 3.8) is 0 Å². The minimum Gasteiger partial charge on any atom is -0.396 e. The van der Waals surface area contributed by atoms with E-state index in [1.165, 1.54) is 6.07 Å². The summed E-state index contributed by atoms with van der Waals surface area (Å²) in [5.74, 6) is 0. The van der Waals surface area contributed by atoms with Crippen LogP contribution in [0.4, 0.5) is 5.69 Å². The fourth-order valence-corrected chi connectivity index (χ4v) is 2.57. The average Bonchev–Trinajstić information content (AvgIpc) is 2.26. The highest BCUT2D eigenvalue weighted by Crippen LogP contribution is 2.28. The normalized spacial score (nSPS) is 14.2. The number of nitrogens with one attached hydrogen (secondary N) is 1. The van der Waals surface area contributed by atoms with Crippen molar-refractivity contribution in [3.8, 4) is 0 Å². The Bertz CT molecular complexity index is 521. The van der Waals surface area contributed by atoms with Crippen molar-refractivity contribution < 1.29 is 13.5 Å². The molecule has 0 heterocycles. The van der Waals surface area contributed by atoms with E-state index in [2.05, 4.69) is 5.32 Å². The van der Waals surface area contributed by atoms with E-state index in [-0.39, 0.29) is 23.0 Å². The third kappa shape index (κ3) is 4.49. The van der Waals surface area contributed by atoms with Gasteiger partial charge in [0.25, 0.3) is 0 Å². The maximum absolute atomic E-state index is 11.5. The second-order valence-electron chi connectivity index (χ2n) is 5.62. The average molecular weight is 286 g/mol. The van der Waals surface area contributed by atoms with Crippen LogP contribution in [-0.2, 0) is 10.0 Å². The molecule has 1 aromatic rings. The Kier molecular flexibility index (Phi) is 4.95. The molecule has 6 heteroatoms. The Labute approximate surface area is 114 Å². The van der Waals surface area contributed by atoms with E-state index >= 15 is 0 Å². The molecule has 0 amide bonds. The summed E-state index contributed by atoms with van der Waals surface area (Å²) >= 11 is 0. The third-order valence-corrected chi connectivity index (χ3v) is 3.96. The summed E-state index contributed by atoms with van der Waals surface area (Å²) in [5, 5.41) is 17.5. The van der Waals surface area contributed by atoms with E-state index in [1.807, 2.05) is 20.8 Å². The molecule has 0 aliphatic heterocycles.